The van der Waals surface area contributed by atoms with Gasteiger partial charge >= 0.3 is 0 Å². The molecule has 1 aliphatic rings. The van der Waals surface area contributed by atoms with Crippen molar-refractivity contribution in [1.29, 1.82) is 0 Å². The van der Waals surface area contributed by atoms with Crippen molar-refractivity contribution in [2.24, 2.45) is 0 Å². The molecular weight excluding hydrogens is 456 g/mol. The summed E-state index contributed by atoms with van der Waals surface area (Å²) in [5, 5.41) is 8.85. The maximum Gasteiger partial charge on any atom is 0.257 e. The van der Waals surface area contributed by atoms with Crippen molar-refractivity contribution in [1.82, 2.24) is 5.32 Å². The topological polar surface area (TPSA) is 126 Å². The standard InChI is InChI=1S/C24H24N4O5S/c1-33-12-11-25-23(29)16-8-10-20-22(14-16)27-24(30)18-9-7-15(13-21(18)26-20)17-5-3-4-6-19(17)28-34(2,31)32/h3-10,13-14,26,28H,11-12H2,1-2H3,(H,25,29)(H,27,30). The Kier molecular flexibility index (Phi) is 6.53. The molecule has 34 heavy (non-hydrogen) atoms. The van der Waals surface area contributed by atoms with Crippen LogP contribution in [-0.4, -0.2) is 46.7 Å². The van der Waals surface area contributed by atoms with Crippen LogP contribution in [0.15, 0.2) is 60.7 Å². The summed E-state index contributed by atoms with van der Waals surface area (Å²) in [6.07, 6.45) is 1.09. The third-order valence-electron chi connectivity index (χ3n) is 5.19. The van der Waals surface area contributed by atoms with Crippen molar-refractivity contribution < 1.29 is 22.7 Å². The van der Waals surface area contributed by atoms with E-state index in [1.54, 1.807) is 61.7 Å². The highest BCUT2D eigenvalue weighted by Gasteiger charge is 2.21. The lowest BCUT2D eigenvalue weighted by atomic mass is 10.0. The van der Waals surface area contributed by atoms with Gasteiger partial charge in [0.05, 0.1) is 41.2 Å². The number of ether oxygens (including phenoxy) is 1. The number of anilines is 4. The Balaban J connectivity index is 1.67. The number of carbonyl (C=O) groups is 2. The van der Waals surface area contributed by atoms with Crippen molar-refractivity contribution in [3.63, 3.8) is 0 Å². The van der Waals surface area contributed by atoms with E-state index in [2.05, 4.69) is 20.7 Å². The highest BCUT2D eigenvalue weighted by atomic mass is 32.2. The zero-order valence-electron chi connectivity index (χ0n) is 18.6. The molecule has 0 aliphatic carbocycles. The molecule has 2 amide bonds. The van der Waals surface area contributed by atoms with Gasteiger partial charge in [-0.05, 0) is 42.0 Å². The zero-order chi connectivity index (χ0) is 24.3. The third kappa shape index (κ3) is 5.19. The molecule has 3 aromatic carbocycles. The lowest BCUT2D eigenvalue weighted by Gasteiger charge is -2.14. The largest absolute Gasteiger partial charge is 0.383 e. The lowest BCUT2D eigenvalue weighted by Crippen LogP contribution is -2.27. The average Bonchev–Trinajstić information content (AvgIpc) is 2.93. The van der Waals surface area contributed by atoms with Gasteiger partial charge in [0.15, 0.2) is 0 Å². The summed E-state index contributed by atoms with van der Waals surface area (Å²) >= 11 is 0. The van der Waals surface area contributed by atoms with Gasteiger partial charge in [0.2, 0.25) is 10.0 Å². The molecular formula is C24H24N4O5S. The Morgan fingerprint density at radius 1 is 0.941 bits per heavy atom. The van der Waals surface area contributed by atoms with Crippen molar-refractivity contribution in [3.05, 3.63) is 71.8 Å². The van der Waals surface area contributed by atoms with Crippen molar-refractivity contribution in [2.45, 2.75) is 0 Å². The highest BCUT2D eigenvalue weighted by molar-refractivity contribution is 7.92. The third-order valence-corrected chi connectivity index (χ3v) is 5.78. The maximum atomic E-state index is 12.9. The predicted octanol–water partition coefficient (Wildman–Crippen LogP) is 3.41. The fourth-order valence-electron chi connectivity index (χ4n) is 3.64. The fraction of sp³-hybridized carbons (Fsp3) is 0.167. The summed E-state index contributed by atoms with van der Waals surface area (Å²) in [6, 6.07) is 17.3. The Bertz CT molecular complexity index is 1370. The quantitative estimate of drug-likeness (QED) is 0.384. The molecule has 0 bridgehead atoms. The number of fused-ring (bicyclic) bond motifs is 2. The number of rotatable bonds is 7. The maximum absolute atomic E-state index is 12.9. The first kappa shape index (κ1) is 23.3. The van der Waals surface area contributed by atoms with E-state index in [9.17, 15) is 18.0 Å². The Morgan fingerprint density at radius 3 is 2.50 bits per heavy atom. The van der Waals surface area contributed by atoms with Crippen LogP contribution in [0.4, 0.5) is 22.7 Å². The van der Waals surface area contributed by atoms with Gasteiger partial charge in [0.25, 0.3) is 11.8 Å². The van der Waals surface area contributed by atoms with Crippen LogP contribution >= 0.6 is 0 Å². The molecule has 0 saturated carbocycles. The number of hydrogen-bond acceptors (Lipinski definition) is 6. The van der Waals surface area contributed by atoms with Gasteiger partial charge in [-0.1, -0.05) is 24.3 Å². The Hall–Kier alpha value is -3.89. The molecule has 0 radical (unpaired) electrons. The van der Waals surface area contributed by atoms with Gasteiger partial charge in [-0.25, -0.2) is 8.42 Å². The van der Waals surface area contributed by atoms with E-state index in [-0.39, 0.29) is 11.8 Å². The molecule has 0 spiro atoms. The second-order valence-electron chi connectivity index (χ2n) is 7.77. The number of methoxy groups -OCH3 is 1. The van der Waals surface area contributed by atoms with E-state index in [4.69, 9.17) is 4.74 Å². The summed E-state index contributed by atoms with van der Waals surface area (Å²) in [6.45, 7) is 0.774. The molecule has 0 atom stereocenters. The van der Waals surface area contributed by atoms with Crippen LogP contribution in [0, 0.1) is 0 Å². The van der Waals surface area contributed by atoms with E-state index >= 15 is 0 Å². The SMILES string of the molecule is COCCNC(=O)c1ccc2c(c1)NC(=O)c1ccc(-c3ccccc3NS(C)(=O)=O)cc1N2. The lowest BCUT2D eigenvalue weighted by molar-refractivity contribution is 0.0936. The number of carbonyl (C=O) groups excluding carboxylic acids is 2. The normalized spacial score (nSPS) is 12.5. The van der Waals surface area contributed by atoms with Crippen molar-refractivity contribution in [3.8, 4) is 11.1 Å². The Labute approximate surface area is 197 Å². The van der Waals surface area contributed by atoms with Crippen LogP contribution in [-0.2, 0) is 14.8 Å². The predicted molar refractivity (Wildman–Crippen MR) is 132 cm³/mol. The molecule has 3 aromatic rings. The van der Waals surface area contributed by atoms with E-state index in [0.717, 1.165) is 11.8 Å². The zero-order valence-corrected chi connectivity index (χ0v) is 19.5. The molecule has 176 valence electrons. The van der Waals surface area contributed by atoms with Crippen LogP contribution in [0.5, 0.6) is 0 Å². The number of benzene rings is 3. The average molecular weight is 481 g/mol. The van der Waals surface area contributed by atoms with Crippen LogP contribution in [0.3, 0.4) is 0 Å². The molecule has 0 saturated heterocycles. The minimum Gasteiger partial charge on any atom is -0.383 e. The molecule has 0 fully saturated rings. The summed E-state index contributed by atoms with van der Waals surface area (Å²) < 4.78 is 31.0. The molecule has 0 aromatic heterocycles. The first-order valence-electron chi connectivity index (χ1n) is 10.5. The van der Waals surface area contributed by atoms with Crippen LogP contribution < -0.4 is 20.7 Å². The molecule has 1 heterocycles. The first-order valence-corrected chi connectivity index (χ1v) is 12.3. The molecule has 4 N–H and O–H groups in total. The second kappa shape index (κ2) is 9.54. The summed E-state index contributed by atoms with van der Waals surface area (Å²) in [5.74, 6) is -0.597. The number of amides is 2. The summed E-state index contributed by atoms with van der Waals surface area (Å²) in [4.78, 5) is 25.3. The minimum absolute atomic E-state index is 0.270. The number of para-hydroxylation sites is 1. The molecule has 4 rings (SSSR count). The number of hydrogen-bond donors (Lipinski definition) is 4. The smallest absolute Gasteiger partial charge is 0.257 e. The van der Waals surface area contributed by atoms with E-state index in [1.165, 1.54) is 0 Å². The van der Waals surface area contributed by atoms with Gasteiger partial charge < -0.3 is 20.7 Å². The second-order valence-corrected chi connectivity index (χ2v) is 9.52. The molecule has 10 heteroatoms. The van der Waals surface area contributed by atoms with E-state index in [0.29, 0.717) is 52.6 Å². The highest BCUT2D eigenvalue weighted by Crippen LogP contribution is 2.37. The van der Waals surface area contributed by atoms with Crippen LogP contribution in [0.1, 0.15) is 20.7 Å². The first-order chi connectivity index (χ1) is 16.2. The van der Waals surface area contributed by atoms with Crippen molar-refractivity contribution in [2.75, 3.05) is 41.9 Å². The van der Waals surface area contributed by atoms with Gasteiger partial charge in [-0.2, -0.15) is 0 Å². The molecule has 0 unspecified atom stereocenters. The van der Waals surface area contributed by atoms with Crippen LogP contribution in [0.2, 0.25) is 0 Å². The Morgan fingerprint density at radius 2 is 1.74 bits per heavy atom. The number of sulfonamides is 1. The van der Waals surface area contributed by atoms with Gasteiger partial charge in [0.1, 0.15) is 0 Å². The summed E-state index contributed by atoms with van der Waals surface area (Å²) in [5.41, 5.74) is 4.31. The van der Waals surface area contributed by atoms with Crippen LogP contribution in [0.25, 0.3) is 11.1 Å². The molecule has 9 nitrogen and oxygen atoms in total. The van der Waals surface area contributed by atoms with Gasteiger partial charge in [-0.15, -0.1) is 0 Å². The van der Waals surface area contributed by atoms with E-state index < -0.39 is 10.0 Å². The number of nitrogens with one attached hydrogen (secondary N) is 4. The van der Waals surface area contributed by atoms with E-state index in [1.807, 2.05) is 6.07 Å². The fourth-order valence-corrected chi connectivity index (χ4v) is 4.22. The summed E-state index contributed by atoms with van der Waals surface area (Å²) in [7, 11) is -1.91. The minimum atomic E-state index is -3.47. The van der Waals surface area contributed by atoms with Gasteiger partial charge in [0, 0.05) is 24.8 Å². The van der Waals surface area contributed by atoms with Crippen molar-refractivity contribution >= 4 is 44.6 Å². The molecule has 1 aliphatic heterocycles. The van der Waals surface area contributed by atoms with Gasteiger partial charge in [-0.3, -0.25) is 14.3 Å². The monoisotopic (exact) mass is 480 g/mol.